The number of aromatic nitrogens is 2. The zero-order valence-electron chi connectivity index (χ0n) is 20.8. The first-order valence-corrected chi connectivity index (χ1v) is 13.2. The maximum atomic E-state index is 13.7. The van der Waals surface area contributed by atoms with E-state index in [4.69, 9.17) is 0 Å². The van der Waals surface area contributed by atoms with Gasteiger partial charge in [-0.2, -0.15) is 0 Å². The van der Waals surface area contributed by atoms with Gasteiger partial charge >= 0.3 is 0 Å². The molecule has 2 N–H and O–H groups in total. The summed E-state index contributed by atoms with van der Waals surface area (Å²) < 4.78 is 1.89. The normalized spacial score (nSPS) is 24.8. The summed E-state index contributed by atoms with van der Waals surface area (Å²) in [5, 5.41) is 13.6. The van der Waals surface area contributed by atoms with E-state index in [-0.39, 0.29) is 36.0 Å². The number of aliphatic hydroxyl groups excluding tert-OH is 1. The van der Waals surface area contributed by atoms with Gasteiger partial charge in [0.25, 0.3) is 5.56 Å². The summed E-state index contributed by atoms with van der Waals surface area (Å²) in [4.78, 5) is 34.0. The van der Waals surface area contributed by atoms with Gasteiger partial charge in [-0.25, -0.2) is 0 Å². The summed E-state index contributed by atoms with van der Waals surface area (Å²) in [5.74, 6) is -0.508. The zero-order valence-corrected chi connectivity index (χ0v) is 20.8. The maximum Gasteiger partial charge on any atom is 0.258 e. The summed E-state index contributed by atoms with van der Waals surface area (Å²) in [5.41, 5.74) is 4.47. The molecule has 190 valence electrons. The molecule has 6 rings (SSSR count). The second-order valence-corrected chi connectivity index (χ2v) is 10.3. The van der Waals surface area contributed by atoms with E-state index in [1.54, 1.807) is 6.20 Å². The number of nitrogens with one attached hydrogen (secondary N) is 1. The second-order valence-electron chi connectivity index (χ2n) is 10.3. The molecule has 1 fully saturated rings. The van der Waals surface area contributed by atoms with Crippen molar-refractivity contribution < 1.29 is 9.90 Å². The van der Waals surface area contributed by atoms with Crippen molar-refractivity contribution >= 4 is 17.2 Å². The molecule has 0 radical (unpaired) electrons. The van der Waals surface area contributed by atoms with Crippen LogP contribution in [0.25, 0.3) is 5.57 Å². The third-order valence-electron chi connectivity index (χ3n) is 8.21. The Bertz CT molecular complexity index is 1370. The third-order valence-corrected chi connectivity index (χ3v) is 8.21. The lowest BCUT2D eigenvalue weighted by molar-refractivity contribution is -0.122. The number of benzene rings is 1. The van der Waals surface area contributed by atoms with E-state index in [9.17, 15) is 14.7 Å². The van der Waals surface area contributed by atoms with E-state index in [2.05, 4.69) is 27.3 Å². The molecule has 0 saturated carbocycles. The highest BCUT2D eigenvalue weighted by atomic mass is 16.3. The minimum atomic E-state index is -0.549. The van der Waals surface area contributed by atoms with Crippen LogP contribution in [0.4, 0.5) is 5.69 Å². The van der Waals surface area contributed by atoms with Gasteiger partial charge in [-0.1, -0.05) is 30.3 Å². The standard InChI is InChI=1S/C30H32N4O3/c35-19-25-24-18-33-26(15-14-23(30(33)37)20-9-3-1-4-10-20)27(24)34(17-22-13-7-8-16-31-22)28(25)29(36)32-21-11-5-2-6-12-21/h2,5-9,11-16,24-25,27-28,35H,1,3-4,10,17-19H2,(H,32,36)/t24-,25-,27+,28-/m1/s1. The van der Waals surface area contributed by atoms with E-state index >= 15 is 0 Å². The minimum absolute atomic E-state index is 0.0415. The van der Waals surface area contributed by atoms with Crippen LogP contribution in [-0.2, 0) is 17.9 Å². The van der Waals surface area contributed by atoms with Gasteiger partial charge in [-0.3, -0.25) is 19.5 Å². The first kappa shape index (κ1) is 23.8. The highest BCUT2D eigenvalue weighted by molar-refractivity contribution is 5.95. The topological polar surface area (TPSA) is 87.5 Å². The predicted octanol–water partition coefficient (Wildman–Crippen LogP) is 4.00. The van der Waals surface area contributed by atoms with Gasteiger partial charge in [-0.05, 0) is 67.7 Å². The molecule has 4 heterocycles. The van der Waals surface area contributed by atoms with E-state index < -0.39 is 6.04 Å². The second kappa shape index (κ2) is 10.1. The molecule has 0 unspecified atom stereocenters. The highest BCUT2D eigenvalue weighted by Crippen LogP contribution is 2.50. The van der Waals surface area contributed by atoms with Crippen molar-refractivity contribution in [3.05, 3.63) is 100 Å². The van der Waals surface area contributed by atoms with Gasteiger partial charge in [0.05, 0.1) is 17.8 Å². The minimum Gasteiger partial charge on any atom is -0.396 e. The Morgan fingerprint density at radius 3 is 2.62 bits per heavy atom. The Kier molecular flexibility index (Phi) is 6.49. The van der Waals surface area contributed by atoms with Crippen LogP contribution in [0.1, 0.15) is 48.7 Å². The van der Waals surface area contributed by atoms with Crippen LogP contribution in [0, 0.1) is 11.8 Å². The number of pyridine rings is 2. The molecule has 1 aliphatic carbocycles. The first-order valence-electron chi connectivity index (χ1n) is 13.2. The van der Waals surface area contributed by atoms with Crippen LogP contribution >= 0.6 is 0 Å². The Hall–Kier alpha value is -3.55. The van der Waals surface area contributed by atoms with E-state index in [1.165, 1.54) is 6.42 Å². The van der Waals surface area contributed by atoms with Crippen molar-refractivity contribution in [3.63, 3.8) is 0 Å². The molecule has 2 aliphatic heterocycles. The van der Waals surface area contributed by atoms with Gasteiger partial charge in [0.1, 0.15) is 0 Å². The smallest absolute Gasteiger partial charge is 0.258 e. The lowest BCUT2D eigenvalue weighted by Gasteiger charge is -2.30. The summed E-state index contributed by atoms with van der Waals surface area (Å²) in [6, 6.07) is 18.5. The Balaban J connectivity index is 1.39. The first-order chi connectivity index (χ1) is 18.2. The molecule has 1 saturated heterocycles. The van der Waals surface area contributed by atoms with Crippen molar-refractivity contribution in [1.82, 2.24) is 14.5 Å². The Morgan fingerprint density at radius 1 is 1.05 bits per heavy atom. The average Bonchev–Trinajstić information content (AvgIpc) is 3.46. The highest BCUT2D eigenvalue weighted by Gasteiger charge is 2.55. The van der Waals surface area contributed by atoms with Crippen LogP contribution < -0.4 is 10.9 Å². The predicted molar refractivity (Wildman–Crippen MR) is 143 cm³/mol. The Labute approximate surface area is 216 Å². The van der Waals surface area contributed by atoms with Crippen LogP contribution in [-0.4, -0.2) is 38.1 Å². The number of aliphatic hydroxyl groups is 1. The molecule has 3 aliphatic rings. The molecule has 0 bridgehead atoms. The number of carbonyl (C=O) groups is 1. The van der Waals surface area contributed by atoms with Crippen LogP contribution in [0.5, 0.6) is 0 Å². The lowest BCUT2D eigenvalue weighted by atomic mass is 9.88. The number of carbonyl (C=O) groups excluding carboxylic acids is 1. The van der Waals surface area contributed by atoms with Crippen LogP contribution in [0.15, 0.2) is 77.7 Å². The maximum absolute atomic E-state index is 13.7. The van der Waals surface area contributed by atoms with Crippen LogP contribution in [0.2, 0.25) is 0 Å². The number of amides is 1. The number of fused-ring (bicyclic) bond motifs is 3. The molecule has 2 aromatic heterocycles. The fraction of sp³-hybridized carbons (Fsp3) is 0.367. The molecule has 3 aromatic rings. The van der Waals surface area contributed by atoms with Gasteiger partial charge in [0.15, 0.2) is 0 Å². The van der Waals surface area contributed by atoms with Gasteiger partial charge in [0.2, 0.25) is 5.91 Å². The number of anilines is 1. The molecule has 0 spiro atoms. The van der Waals surface area contributed by atoms with Crippen LogP contribution in [0.3, 0.4) is 0 Å². The number of nitrogens with zero attached hydrogens (tertiary/aromatic N) is 3. The lowest BCUT2D eigenvalue weighted by Crippen LogP contribution is -2.45. The number of hydrogen-bond acceptors (Lipinski definition) is 5. The van der Waals surface area contributed by atoms with Crippen molar-refractivity contribution in [2.45, 2.75) is 50.9 Å². The van der Waals surface area contributed by atoms with Crippen molar-refractivity contribution in [2.24, 2.45) is 11.8 Å². The SMILES string of the molecule is O=C(Nc1ccccc1)[C@H]1[C@H](CO)[C@H]2Cn3c(ccc(C4=CCCCC4)c3=O)[C@H]2N1Cc1ccccn1. The summed E-state index contributed by atoms with van der Waals surface area (Å²) in [6.07, 6.45) is 8.20. The number of hydrogen-bond donors (Lipinski definition) is 2. The summed E-state index contributed by atoms with van der Waals surface area (Å²) in [7, 11) is 0. The number of allylic oxidation sites excluding steroid dienone is 2. The zero-order chi connectivity index (χ0) is 25.4. The number of para-hydroxylation sites is 1. The molecule has 7 nitrogen and oxygen atoms in total. The number of rotatable bonds is 6. The molecule has 1 aromatic carbocycles. The van der Waals surface area contributed by atoms with Crippen molar-refractivity contribution in [2.75, 3.05) is 11.9 Å². The average molecular weight is 497 g/mol. The molecule has 7 heteroatoms. The fourth-order valence-corrected chi connectivity index (χ4v) is 6.53. The molecule has 1 amide bonds. The van der Waals surface area contributed by atoms with Crippen molar-refractivity contribution in [1.29, 1.82) is 0 Å². The largest absolute Gasteiger partial charge is 0.396 e. The summed E-state index contributed by atoms with van der Waals surface area (Å²) in [6.45, 7) is 0.818. The van der Waals surface area contributed by atoms with Gasteiger partial charge < -0.3 is 15.0 Å². The van der Waals surface area contributed by atoms with E-state index in [1.807, 2.05) is 59.2 Å². The summed E-state index contributed by atoms with van der Waals surface area (Å²) >= 11 is 0. The number of likely N-dealkylation sites (tertiary alicyclic amines) is 1. The fourth-order valence-electron chi connectivity index (χ4n) is 6.53. The van der Waals surface area contributed by atoms with Gasteiger partial charge in [0, 0.05) is 54.7 Å². The monoisotopic (exact) mass is 496 g/mol. The Morgan fingerprint density at radius 2 is 1.89 bits per heavy atom. The van der Waals surface area contributed by atoms with E-state index in [0.717, 1.165) is 47.5 Å². The third kappa shape index (κ3) is 4.32. The molecule has 4 atom stereocenters. The molecule has 37 heavy (non-hydrogen) atoms. The van der Waals surface area contributed by atoms with Crippen molar-refractivity contribution in [3.8, 4) is 0 Å². The quantitative estimate of drug-likeness (QED) is 0.539. The van der Waals surface area contributed by atoms with Gasteiger partial charge in [-0.15, -0.1) is 0 Å². The molecular formula is C30H32N4O3. The van der Waals surface area contributed by atoms with E-state index in [0.29, 0.717) is 13.1 Å². The molecular weight excluding hydrogens is 464 g/mol.